The lowest BCUT2D eigenvalue weighted by Crippen LogP contribution is -2.46. The van der Waals surface area contributed by atoms with E-state index >= 15 is 0 Å². The Kier molecular flexibility index (Phi) is 6.42. The molecule has 1 fully saturated rings. The minimum Gasteiger partial charge on any atom is -0.408 e. The van der Waals surface area contributed by atoms with Crippen molar-refractivity contribution in [2.75, 3.05) is 33.9 Å². The van der Waals surface area contributed by atoms with Crippen molar-refractivity contribution in [3.63, 3.8) is 0 Å². The van der Waals surface area contributed by atoms with Gasteiger partial charge in [-0.15, -0.1) is 0 Å². The molecule has 1 atom stereocenters. The molecule has 2 heterocycles. The van der Waals surface area contributed by atoms with E-state index < -0.39 is 28.0 Å². The molecule has 29 heavy (non-hydrogen) atoms. The van der Waals surface area contributed by atoms with Crippen LogP contribution in [-0.4, -0.2) is 63.3 Å². The Morgan fingerprint density at radius 1 is 1.34 bits per heavy atom. The van der Waals surface area contributed by atoms with Crippen molar-refractivity contribution in [2.24, 2.45) is 13.0 Å². The van der Waals surface area contributed by atoms with E-state index in [0.29, 0.717) is 24.9 Å². The Labute approximate surface area is 168 Å². The average Bonchev–Trinajstić information content (AvgIpc) is 3.01. The second kappa shape index (κ2) is 8.66. The number of methoxy groups -OCH3 is 2. The molecule has 1 aromatic heterocycles. The Bertz CT molecular complexity index is 1040. The molecule has 1 aliphatic rings. The van der Waals surface area contributed by atoms with Crippen LogP contribution in [-0.2, 0) is 31.3 Å². The number of benzene rings is 1. The third-order valence-electron chi connectivity index (χ3n) is 5.13. The summed E-state index contributed by atoms with van der Waals surface area (Å²) < 4.78 is 43.9. The lowest BCUT2D eigenvalue weighted by Gasteiger charge is -2.31. The summed E-state index contributed by atoms with van der Waals surface area (Å²) in [5, 5.41) is 2.74. The van der Waals surface area contributed by atoms with Gasteiger partial charge in [-0.1, -0.05) is 0 Å². The van der Waals surface area contributed by atoms with Gasteiger partial charge in [-0.3, -0.25) is 9.36 Å². The van der Waals surface area contributed by atoms with Crippen LogP contribution in [0.1, 0.15) is 12.8 Å². The molecule has 160 valence electrons. The van der Waals surface area contributed by atoms with Gasteiger partial charge in [-0.2, -0.15) is 4.31 Å². The summed E-state index contributed by atoms with van der Waals surface area (Å²) >= 11 is 0. The monoisotopic (exact) mass is 427 g/mol. The van der Waals surface area contributed by atoms with Crippen LogP contribution in [0.3, 0.4) is 0 Å². The molecule has 0 unspecified atom stereocenters. The number of fused-ring (bicyclic) bond motifs is 1. The van der Waals surface area contributed by atoms with Crippen LogP contribution >= 0.6 is 0 Å². The Hall–Kier alpha value is -2.21. The quantitative estimate of drug-likeness (QED) is 0.630. The third kappa shape index (κ3) is 4.37. The van der Waals surface area contributed by atoms with Crippen LogP contribution in [0.5, 0.6) is 0 Å². The molecule has 11 heteroatoms. The zero-order valence-corrected chi connectivity index (χ0v) is 17.4. The van der Waals surface area contributed by atoms with Gasteiger partial charge < -0.3 is 19.2 Å². The number of nitrogens with one attached hydrogen (secondary N) is 1. The van der Waals surface area contributed by atoms with Crippen molar-refractivity contribution in [1.29, 1.82) is 0 Å². The van der Waals surface area contributed by atoms with Gasteiger partial charge in [-0.25, -0.2) is 13.2 Å². The molecule has 1 aliphatic heterocycles. The van der Waals surface area contributed by atoms with E-state index in [0.717, 1.165) is 0 Å². The second-order valence-electron chi connectivity index (χ2n) is 6.90. The highest BCUT2D eigenvalue weighted by Crippen LogP contribution is 2.26. The van der Waals surface area contributed by atoms with Gasteiger partial charge in [0.1, 0.15) is 0 Å². The number of piperidine rings is 1. The summed E-state index contributed by atoms with van der Waals surface area (Å²) in [4.78, 5) is 24.1. The molecule has 0 radical (unpaired) electrons. The Balaban J connectivity index is 1.75. The Morgan fingerprint density at radius 3 is 2.76 bits per heavy atom. The fraction of sp³-hybridized carbons (Fsp3) is 0.556. The molecule has 0 aliphatic carbocycles. The molecule has 3 rings (SSSR count). The van der Waals surface area contributed by atoms with Gasteiger partial charge in [0.15, 0.2) is 11.9 Å². The minimum absolute atomic E-state index is 0.0271. The first-order chi connectivity index (χ1) is 13.8. The summed E-state index contributed by atoms with van der Waals surface area (Å²) in [6, 6.07) is 4.33. The van der Waals surface area contributed by atoms with Gasteiger partial charge in [0.05, 0.1) is 22.9 Å². The number of rotatable bonds is 7. The molecular weight excluding hydrogens is 402 g/mol. The number of aromatic nitrogens is 1. The lowest BCUT2D eigenvalue weighted by atomic mass is 9.99. The number of sulfonamides is 1. The predicted octanol–water partition coefficient (Wildman–Crippen LogP) is 0.267. The summed E-state index contributed by atoms with van der Waals surface area (Å²) in [7, 11) is 0.664. The van der Waals surface area contributed by atoms with Gasteiger partial charge in [-0.05, 0) is 25.0 Å². The first-order valence-electron chi connectivity index (χ1n) is 9.21. The minimum atomic E-state index is -3.83. The van der Waals surface area contributed by atoms with E-state index in [2.05, 4.69) is 5.32 Å². The van der Waals surface area contributed by atoms with E-state index in [1.807, 2.05) is 0 Å². The number of aryl methyl sites for hydroxylation is 1. The van der Waals surface area contributed by atoms with E-state index in [9.17, 15) is 18.0 Å². The van der Waals surface area contributed by atoms with Crippen LogP contribution in [0.2, 0.25) is 0 Å². The third-order valence-corrected chi connectivity index (χ3v) is 6.99. The standard InChI is InChI=1S/C18H25N3O7S/c1-20-14-7-6-13(9-15(14)28-18(20)23)29(24,25)21-8-4-5-12(11-21)17(22)19-10-16(26-2)27-3/h6-7,9,12,16H,4-5,8,10-11H2,1-3H3,(H,19,22)/t12-/m0/s1. The van der Waals surface area contributed by atoms with Crippen molar-refractivity contribution in [1.82, 2.24) is 14.2 Å². The summed E-state index contributed by atoms with van der Waals surface area (Å²) in [5.41, 5.74) is 0.714. The fourth-order valence-electron chi connectivity index (χ4n) is 3.39. The van der Waals surface area contributed by atoms with Gasteiger partial charge in [0.25, 0.3) is 0 Å². The van der Waals surface area contributed by atoms with Crippen LogP contribution in [0.4, 0.5) is 0 Å². The molecule has 0 spiro atoms. The van der Waals surface area contributed by atoms with E-state index in [4.69, 9.17) is 13.9 Å². The number of nitrogens with zero attached hydrogens (tertiary/aromatic N) is 2. The van der Waals surface area contributed by atoms with Crippen LogP contribution in [0, 0.1) is 5.92 Å². The highest BCUT2D eigenvalue weighted by molar-refractivity contribution is 7.89. The van der Waals surface area contributed by atoms with E-state index in [-0.39, 0.29) is 29.5 Å². The van der Waals surface area contributed by atoms with Gasteiger partial charge in [0, 0.05) is 40.4 Å². The predicted molar refractivity (Wildman–Crippen MR) is 104 cm³/mol. The largest absolute Gasteiger partial charge is 0.419 e. The highest BCUT2D eigenvalue weighted by Gasteiger charge is 2.33. The molecule has 1 amide bonds. The molecular formula is C18H25N3O7S. The molecule has 2 aromatic rings. The smallest absolute Gasteiger partial charge is 0.408 e. The molecule has 0 saturated carbocycles. The number of carbonyl (C=O) groups is 1. The number of hydrogen-bond acceptors (Lipinski definition) is 7. The normalized spacial score (nSPS) is 18.4. The van der Waals surface area contributed by atoms with Crippen LogP contribution < -0.4 is 11.1 Å². The van der Waals surface area contributed by atoms with E-state index in [1.54, 1.807) is 7.05 Å². The zero-order chi connectivity index (χ0) is 21.2. The number of carbonyl (C=O) groups excluding carboxylic acids is 1. The van der Waals surface area contributed by atoms with Crippen LogP contribution in [0.25, 0.3) is 11.1 Å². The SMILES string of the molecule is COC(CNC(=O)[C@H]1CCCN(S(=O)(=O)c2ccc3c(c2)oc(=O)n3C)C1)OC. The molecule has 1 aromatic carbocycles. The maximum Gasteiger partial charge on any atom is 0.419 e. The van der Waals surface area contributed by atoms with Gasteiger partial charge in [0.2, 0.25) is 15.9 Å². The summed E-state index contributed by atoms with van der Waals surface area (Å²) in [6.45, 7) is 0.579. The van der Waals surface area contributed by atoms with Crippen LogP contribution in [0.15, 0.2) is 32.3 Å². The molecule has 10 nitrogen and oxygen atoms in total. The highest BCUT2D eigenvalue weighted by atomic mass is 32.2. The van der Waals surface area contributed by atoms with Crippen molar-refractivity contribution in [3.05, 3.63) is 28.7 Å². The van der Waals surface area contributed by atoms with Crippen molar-refractivity contribution in [3.8, 4) is 0 Å². The number of amides is 1. The summed E-state index contributed by atoms with van der Waals surface area (Å²) in [5.74, 6) is -1.27. The zero-order valence-electron chi connectivity index (χ0n) is 16.6. The van der Waals surface area contributed by atoms with Crippen molar-refractivity contribution < 1.29 is 27.1 Å². The maximum atomic E-state index is 13.1. The number of oxazole rings is 1. The number of hydrogen-bond donors (Lipinski definition) is 1. The van der Waals surface area contributed by atoms with Gasteiger partial charge >= 0.3 is 5.76 Å². The molecule has 1 saturated heterocycles. The fourth-order valence-corrected chi connectivity index (χ4v) is 4.93. The lowest BCUT2D eigenvalue weighted by molar-refractivity contribution is -0.131. The van der Waals surface area contributed by atoms with Crippen molar-refractivity contribution in [2.45, 2.75) is 24.0 Å². The van der Waals surface area contributed by atoms with E-state index in [1.165, 1.54) is 41.3 Å². The first kappa shape index (κ1) is 21.5. The molecule has 1 N–H and O–H groups in total. The first-order valence-corrected chi connectivity index (χ1v) is 10.6. The second-order valence-corrected chi connectivity index (χ2v) is 8.84. The maximum absolute atomic E-state index is 13.1. The summed E-state index contributed by atoms with van der Waals surface area (Å²) in [6.07, 6.45) is 0.599. The Morgan fingerprint density at radius 2 is 2.07 bits per heavy atom. The number of ether oxygens (including phenoxy) is 2. The molecule has 0 bridgehead atoms. The topological polar surface area (TPSA) is 120 Å². The van der Waals surface area contributed by atoms with Crippen molar-refractivity contribution >= 4 is 27.0 Å². The average molecular weight is 427 g/mol.